The summed E-state index contributed by atoms with van der Waals surface area (Å²) in [5, 5.41) is 4.03. The minimum atomic E-state index is -0.600. The fraction of sp³-hybridized carbons (Fsp3) is 0.667. The van der Waals surface area contributed by atoms with E-state index in [1.54, 1.807) is 25.0 Å². The molecule has 6 heteroatoms. The summed E-state index contributed by atoms with van der Waals surface area (Å²) in [5.41, 5.74) is -0.600. The molecule has 0 radical (unpaired) electrons. The molecule has 0 spiro atoms. The Morgan fingerprint density at radius 3 is 2.89 bits per heavy atom. The summed E-state index contributed by atoms with van der Waals surface area (Å²) < 4.78 is 6.79. The number of hydrogen-bond donors (Lipinski definition) is 1. The standard InChI is InChI=1S/C12H21N3O2S/c1-12(13-2,10(16)17-4)6-5-9-18-11-14-7-8-15(11)3/h7-8,13H,5-6,9H2,1-4H3. The number of methoxy groups -OCH3 is 1. The van der Waals surface area contributed by atoms with Gasteiger partial charge in [0.25, 0.3) is 0 Å². The van der Waals surface area contributed by atoms with E-state index < -0.39 is 5.54 Å². The highest BCUT2D eigenvalue weighted by atomic mass is 32.2. The number of ether oxygens (including phenoxy) is 1. The molecule has 0 amide bonds. The predicted octanol–water partition coefficient (Wildman–Crippen LogP) is 1.44. The van der Waals surface area contributed by atoms with Gasteiger partial charge in [-0.05, 0) is 26.8 Å². The van der Waals surface area contributed by atoms with Gasteiger partial charge in [0.05, 0.1) is 7.11 Å². The highest BCUT2D eigenvalue weighted by Crippen LogP contribution is 2.20. The Bertz CT molecular complexity index is 394. The predicted molar refractivity (Wildman–Crippen MR) is 72.6 cm³/mol. The van der Waals surface area contributed by atoms with E-state index in [2.05, 4.69) is 10.3 Å². The number of imidazole rings is 1. The summed E-state index contributed by atoms with van der Waals surface area (Å²) in [7, 11) is 5.17. The van der Waals surface area contributed by atoms with Crippen LogP contribution >= 0.6 is 11.8 Å². The van der Waals surface area contributed by atoms with Crippen molar-refractivity contribution in [2.45, 2.75) is 30.5 Å². The van der Waals surface area contributed by atoms with Crippen molar-refractivity contribution in [3.63, 3.8) is 0 Å². The minimum Gasteiger partial charge on any atom is -0.468 e. The van der Waals surface area contributed by atoms with Crippen LogP contribution in [0.2, 0.25) is 0 Å². The molecule has 0 aliphatic carbocycles. The van der Waals surface area contributed by atoms with Gasteiger partial charge in [-0.15, -0.1) is 0 Å². The molecule has 0 aromatic carbocycles. The summed E-state index contributed by atoms with van der Waals surface area (Å²) in [4.78, 5) is 15.9. The molecule has 5 nitrogen and oxygen atoms in total. The highest BCUT2D eigenvalue weighted by Gasteiger charge is 2.31. The first kappa shape index (κ1) is 15.0. The van der Waals surface area contributed by atoms with Crippen LogP contribution in [0.5, 0.6) is 0 Å². The molecule has 0 fully saturated rings. The molecule has 1 atom stereocenters. The first-order valence-electron chi connectivity index (χ1n) is 5.91. The van der Waals surface area contributed by atoms with Gasteiger partial charge in [-0.3, -0.25) is 4.79 Å². The zero-order chi connectivity index (χ0) is 13.6. The third kappa shape index (κ3) is 3.74. The molecule has 0 aliphatic heterocycles. The van der Waals surface area contributed by atoms with E-state index >= 15 is 0 Å². The largest absolute Gasteiger partial charge is 0.468 e. The summed E-state index contributed by atoms with van der Waals surface area (Å²) in [6.45, 7) is 1.87. The minimum absolute atomic E-state index is 0.216. The van der Waals surface area contributed by atoms with Crippen molar-refractivity contribution in [3.8, 4) is 0 Å². The third-order valence-corrected chi connectivity index (χ3v) is 4.16. The smallest absolute Gasteiger partial charge is 0.325 e. The number of rotatable bonds is 7. The quantitative estimate of drug-likeness (QED) is 0.462. The van der Waals surface area contributed by atoms with E-state index in [1.807, 2.05) is 24.7 Å². The van der Waals surface area contributed by atoms with Crippen molar-refractivity contribution >= 4 is 17.7 Å². The maximum absolute atomic E-state index is 11.6. The third-order valence-electron chi connectivity index (χ3n) is 3.02. The Hall–Kier alpha value is -1.01. The number of nitrogens with one attached hydrogen (secondary N) is 1. The lowest BCUT2D eigenvalue weighted by Gasteiger charge is -2.25. The van der Waals surface area contributed by atoms with Gasteiger partial charge in [0.15, 0.2) is 5.16 Å². The number of carbonyl (C=O) groups excluding carboxylic acids is 1. The zero-order valence-corrected chi connectivity index (χ0v) is 12.2. The summed E-state index contributed by atoms with van der Waals surface area (Å²) in [6.07, 6.45) is 5.38. The fourth-order valence-electron chi connectivity index (χ4n) is 1.63. The fourth-order valence-corrected chi connectivity index (χ4v) is 2.51. The van der Waals surface area contributed by atoms with E-state index in [4.69, 9.17) is 4.74 Å². The van der Waals surface area contributed by atoms with E-state index in [-0.39, 0.29) is 5.97 Å². The van der Waals surface area contributed by atoms with Gasteiger partial charge in [-0.2, -0.15) is 0 Å². The van der Waals surface area contributed by atoms with Gasteiger partial charge in [-0.1, -0.05) is 11.8 Å². The second-order valence-corrected chi connectivity index (χ2v) is 5.41. The van der Waals surface area contributed by atoms with Crippen LogP contribution in [0.4, 0.5) is 0 Å². The number of esters is 1. The van der Waals surface area contributed by atoms with Crippen LogP contribution in [-0.2, 0) is 16.6 Å². The average Bonchev–Trinajstić information content (AvgIpc) is 2.79. The van der Waals surface area contributed by atoms with Gasteiger partial charge >= 0.3 is 5.97 Å². The zero-order valence-electron chi connectivity index (χ0n) is 11.4. The Morgan fingerprint density at radius 1 is 1.67 bits per heavy atom. The van der Waals surface area contributed by atoms with Crippen LogP contribution in [-0.4, -0.2) is 41.0 Å². The SMILES string of the molecule is CNC(C)(CCCSc1nccn1C)C(=O)OC. The average molecular weight is 271 g/mol. The normalized spacial score (nSPS) is 14.2. The summed E-state index contributed by atoms with van der Waals surface area (Å²) in [5.74, 6) is 0.714. The maximum Gasteiger partial charge on any atom is 0.325 e. The topological polar surface area (TPSA) is 56.2 Å². The molecule has 102 valence electrons. The molecule has 0 saturated heterocycles. The maximum atomic E-state index is 11.6. The van der Waals surface area contributed by atoms with E-state index in [9.17, 15) is 4.79 Å². The molecule has 0 bridgehead atoms. The van der Waals surface area contributed by atoms with E-state index in [1.165, 1.54) is 7.11 Å². The van der Waals surface area contributed by atoms with Crippen molar-refractivity contribution in [1.29, 1.82) is 0 Å². The number of thioether (sulfide) groups is 1. The Morgan fingerprint density at radius 2 is 2.39 bits per heavy atom. The second-order valence-electron chi connectivity index (χ2n) is 4.35. The van der Waals surface area contributed by atoms with Crippen LogP contribution in [0.3, 0.4) is 0 Å². The number of carbonyl (C=O) groups is 1. The van der Waals surface area contributed by atoms with Gasteiger partial charge in [0.2, 0.25) is 0 Å². The Balaban J connectivity index is 2.36. The van der Waals surface area contributed by atoms with Crippen molar-refractivity contribution in [3.05, 3.63) is 12.4 Å². The number of hydrogen-bond acceptors (Lipinski definition) is 5. The van der Waals surface area contributed by atoms with E-state index in [0.29, 0.717) is 0 Å². The molecule has 0 aliphatic rings. The van der Waals surface area contributed by atoms with Crippen molar-refractivity contribution in [1.82, 2.24) is 14.9 Å². The molecule has 1 N–H and O–H groups in total. The Labute approximate surface area is 112 Å². The van der Waals surface area contributed by atoms with Crippen LogP contribution in [0, 0.1) is 0 Å². The molecule has 1 rings (SSSR count). The molecular formula is C12H21N3O2S. The molecule has 1 aromatic heterocycles. The molecule has 1 aromatic rings. The lowest BCUT2D eigenvalue weighted by atomic mass is 9.97. The number of aryl methyl sites for hydroxylation is 1. The van der Waals surface area contributed by atoms with Crippen LogP contribution < -0.4 is 5.32 Å². The van der Waals surface area contributed by atoms with Crippen molar-refractivity contribution in [2.75, 3.05) is 19.9 Å². The van der Waals surface area contributed by atoms with Crippen LogP contribution in [0.1, 0.15) is 19.8 Å². The van der Waals surface area contributed by atoms with Crippen LogP contribution in [0.15, 0.2) is 17.6 Å². The van der Waals surface area contributed by atoms with Gasteiger partial charge in [0.1, 0.15) is 5.54 Å². The number of aromatic nitrogens is 2. The second kappa shape index (κ2) is 6.80. The molecule has 18 heavy (non-hydrogen) atoms. The monoisotopic (exact) mass is 271 g/mol. The molecular weight excluding hydrogens is 250 g/mol. The number of nitrogens with zero attached hydrogens (tertiary/aromatic N) is 2. The molecule has 1 heterocycles. The Kier molecular flexibility index (Phi) is 5.68. The lowest BCUT2D eigenvalue weighted by Crippen LogP contribution is -2.48. The van der Waals surface area contributed by atoms with Gasteiger partial charge in [-0.25, -0.2) is 4.98 Å². The summed E-state index contributed by atoms with van der Waals surface area (Å²) in [6, 6.07) is 0. The first-order chi connectivity index (χ1) is 8.53. The first-order valence-corrected chi connectivity index (χ1v) is 6.89. The van der Waals surface area contributed by atoms with Crippen molar-refractivity contribution in [2.24, 2.45) is 7.05 Å². The van der Waals surface area contributed by atoms with Gasteiger partial charge < -0.3 is 14.6 Å². The van der Waals surface area contributed by atoms with Gasteiger partial charge in [0, 0.05) is 25.2 Å². The lowest BCUT2D eigenvalue weighted by molar-refractivity contribution is -0.148. The number of likely N-dealkylation sites (N-methyl/N-ethyl adjacent to an activating group) is 1. The highest BCUT2D eigenvalue weighted by molar-refractivity contribution is 7.99. The van der Waals surface area contributed by atoms with E-state index in [0.717, 1.165) is 23.8 Å². The molecule has 0 saturated carbocycles. The van der Waals surface area contributed by atoms with Crippen molar-refractivity contribution < 1.29 is 9.53 Å². The summed E-state index contributed by atoms with van der Waals surface area (Å²) >= 11 is 1.70. The van der Waals surface area contributed by atoms with Crippen LogP contribution in [0.25, 0.3) is 0 Å². The molecule has 1 unspecified atom stereocenters.